The highest BCUT2D eigenvalue weighted by atomic mass is 32.2. The van der Waals surface area contributed by atoms with E-state index in [2.05, 4.69) is 0 Å². The fraction of sp³-hybridized carbons (Fsp3) is 0.409. The van der Waals surface area contributed by atoms with E-state index in [1.807, 2.05) is 13.8 Å². The summed E-state index contributed by atoms with van der Waals surface area (Å²) in [5.41, 5.74) is 0.0711. The van der Waals surface area contributed by atoms with E-state index in [4.69, 9.17) is 4.74 Å². The monoisotopic (exact) mass is 470 g/mol. The molecule has 1 fully saturated rings. The fourth-order valence-corrected chi connectivity index (χ4v) is 5.20. The molecule has 0 saturated carbocycles. The summed E-state index contributed by atoms with van der Waals surface area (Å²) in [7, 11) is -2.19. The lowest BCUT2D eigenvalue weighted by atomic mass is 10.1. The maximum Gasteiger partial charge on any atom is 0.416 e. The molecule has 0 aromatic heterocycles. The molecule has 0 radical (unpaired) electrons. The van der Waals surface area contributed by atoms with Crippen LogP contribution in [0.15, 0.2) is 53.4 Å². The zero-order valence-corrected chi connectivity index (χ0v) is 18.8. The molecule has 0 N–H and O–H groups in total. The van der Waals surface area contributed by atoms with Gasteiger partial charge < -0.3 is 9.64 Å². The summed E-state index contributed by atoms with van der Waals surface area (Å²) < 4.78 is 70.9. The summed E-state index contributed by atoms with van der Waals surface area (Å²) in [4.78, 5) is 14.1. The molecule has 32 heavy (non-hydrogen) atoms. The minimum absolute atomic E-state index is 0.0840. The van der Waals surface area contributed by atoms with Crippen LogP contribution < -0.4 is 0 Å². The summed E-state index contributed by atoms with van der Waals surface area (Å²) in [6.45, 7) is 4.24. The number of morpholine rings is 1. The van der Waals surface area contributed by atoms with Gasteiger partial charge in [-0.15, -0.1) is 0 Å². The lowest BCUT2D eigenvalue weighted by Gasteiger charge is -2.34. The Kier molecular flexibility index (Phi) is 6.97. The van der Waals surface area contributed by atoms with Crippen molar-refractivity contribution in [3.63, 3.8) is 0 Å². The molecule has 1 aliphatic rings. The number of rotatable bonds is 5. The summed E-state index contributed by atoms with van der Waals surface area (Å²) in [5.74, 6) is -0.373. The van der Waals surface area contributed by atoms with E-state index < -0.39 is 21.8 Å². The number of hydrogen-bond donors (Lipinski definition) is 0. The van der Waals surface area contributed by atoms with Crippen molar-refractivity contribution < 1.29 is 31.1 Å². The van der Waals surface area contributed by atoms with Gasteiger partial charge >= 0.3 is 6.18 Å². The molecule has 1 aliphatic heterocycles. The van der Waals surface area contributed by atoms with Crippen LogP contribution in [0.5, 0.6) is 0 Å². The van der Waals surface area contributed by atoms with Gasteiger partial charge in [0.1, 0.15) is 0 Å². The highest BCUT2D eigenvalue weighted by Gasteiger charge is 2.32. The normalized spacial score (nSPS) is 20.2. The van der Waals surface area contributed by atoms with Gasteiger partial charge in [0.2, 0.25) is 10.0 Å². The Bertz CT molecular complexity index is 1040. The molecule has 6 nitrogen and oxygen atoms in total. The topological polar surface area (TPSA) is 66.9 Å². The largest absolute Gasteiger partial charge is 0.416 e. The summed E-state index contributed by atoms with van der Waals surface area (Å²) in [6.07, 6.45) is -4.85. The number of amides is 1. The summed E-state index contributed by atoms with van der Waals surface area (Å²) >= 11 is 0. The smallest absolute Gasteiger partial charge is 0.373 e. The van der Waals surface area contributed by atoms with Crippen LogP contribution in [0, 0.1) is 0 Å². The number of alkyl halides is 3. The van der Waals surface area contributed by atoms with Crippen LogP contribution in [0.2, 0.25) is 0 Å². The number of sulfonamides is 1. The first kappa shape index (κ1) is 24.2. The number of hydrogen-bond acceptors (Lipinski definition) is 4. The minimum atomic E-state index is -4.42. The standard InChI is InChI=1S/C22H25F3N2O4S/c1-15-12-27(13-16(2)31-15)32(29,30)20-10-6-18(7-11-20)21(28)26(3)14-17-4-8-19(9-5-17)22(23,24)25/h4-11,15-16H,12-14H2,1-3H3. The minimum Gasteiger partial charge on any atom is -0.373 e. The Morgan fingerprint density at radius 2 is 1.56 bits per heavy atom. The second kappa shape index (κ2) is 9.21. The van der Waals surface area contributed by atoms with E-state index in [-0.39, 0.29) is 48.2 Å². The second-order valence-electron chi connectivity index (χ2n) is 7.96. The second-order valence-corrected chi connectivity index (χ2v) is 9.90. The Morgan fingerprint density at radius 1 is 1.03 bits per heavy atom. The van der Waals surface area contributed by atoms with Gasteiger partial charge in [-0.05, 0) is 55.8 Å². The average molecular weight is 471 g/mol. The molecule has 10 heteroatoms. The van der Waals surface area contributed by atoms with E-state index in [0.29, 0.717) is 5.56 Å². The number of carbonyl (C=O) groups is 1. The third-order valence-corrected chi connectivity index (χ3v) is 7.02. The molecule has 1 amide bonds. The number of nitrogens with zero attached hydrogens (tertiary/aromatic N) is 2. The first-order valence-corrected chi connectivity index (χ1v) is 11.5. The van der Waals surface area contributed by atoms with Crippen LogP contribution in [0.25, 0.3) is 0 Å². The third kappa shape index (κ3) is 5.48. The number of benzene rings is 2. The van der Waals surface area contributed by atoms with Crippen molar-refractivity contribution in [3.8, 4) is 0 Å². The molecule has 0 aliphatic carbocycles. The van der Waals surface area contributed by atoms with Crippen molar-refractivity contribution >= 4 is 15.9 Å². The number of halogens is 3. The van der Waals surface area contributed by atoms with E-state index in [1.54, 1.807) is 0 Å². The zero-order chi connectivity index (χ0) is 23.7. The van der Waals surface area contributed by atoms with Gasteiger partial charge in [-0.25, -0.2) is 8.42 Å². The van der Waals surface area contributed by atoms with Crippen molar-refractivity contribution in [1.82, 2.24) is 9.21 Å². The van der Waals surface area contributed by atoms with Gasteiger partial charge in [0.25, 0.3) is 5.91 Å². The van der Waals surface area contributed by atoms with E-state index in [0.717, 1.165) is 12.1 Å². The molecule has 2 unspecified atom stereocenters. The molecule has 2 aromatic rings. The van der Waals surface area contributed by atoms with Gasteiger partial charge in [-0.3, -0.25) is 4.79 Å². The Labute approximate surface area is 185 Å². The lowest BCUT2D eigenvalue weighted by Crippen LogP contribution is -2.48. The maximum atomic E-state index is 12.9. The average Bonchev–Trinajstić information content (AvgIpc) is 2.72. The molecule has 0 spiro atoms. The summed E-state index contributed by atoms with van der Waals surface area (Å²) in [6, 6.07) is 10.2. The van der Waals surface area contributed by atoms with Gasteiger partial charge in [0.15, 0.2) is 0 Å². The predicted molar refractivity (Wildman–Crippen MR) is 112 cm³/mol. The van der Waals surface area contributed by atoms with Gasteiger partial charge in [-0.2, -0.15) is 17.5 Å². The van der Waals surface area contributed by atoms with Crippen molar-refractivity contribution in [2.24, 2.45) is 0 Å². The number of carbonyl (C=O) groups excluding carboxylic acids is 1. The van der Waals surface area contributed by atoms with E-state index >= 15 is 0 Å². The first-order chi connectivity index (χ1) is 14.9. The molecule has 0 bridgehead atoms. The van der Waals surface area contributed by atoms with Crippen LogP contribution in [-0.4, -0.2) is 55.9 Å². The first-order valence-electron chi connectivity index (χ1n) is 10.0. The van der Waals surface area contributed by atoms with E-state index in [9.17, 15) is 26.4 Å². The van der Waals surface area contributed by atoms with E-state index in [1.165, 1.54) is 52.7 Å². The van der Waals surface area contributed by atoms with Gasteiger partial charge in [0.05, 0.1) is 22.7 Å². The van der Waals surface area contributed by atoms with Crippen LogP contribution in [0.1, 0.15) is 35.3 Å². The van der Waals surface area contributed by atoms with Gasteiger partial charge in [-0.1, -0.05) is 12.1 Å². The fourth-order valence-electron chi connectivity index (χ4n) is 3.61. The highest BCUT2D eigenvalue weighted by molar-refractivity contribution is 7.89. The van der Waals surface area contributed by atoms with Crippen molar-refractivity contribution in [1.29, 1.82) is 0 Å². The molecule has 1 heterocycles. The van der Waals surface area contributed by atoms with Crippen molar-refractivity contribution in [2.75, 3.05) is 20.1 Å². The van der Waals surface area contributed by atoms with Crippen molar-refractivity contribution in [3.05, 3.63) is 65.2 Å². The Hall–Kier alpha value is -2.43. The SMILES string of the molecule is CC1CN(S(=O)(=O)c2ccc(C(=O)N(C)Cc3ccc(C(F)(F)F)cc3)cc2)CC(C)O1. The molecular formula is C22H25F3N2O4S. The molecule has 2 aromatic carbocycles. The molecular weight excluding hydrogens is 445 g/mol. The Morgan fingerprint density at radius 3 is 2.06 bits per heavy atom. The third-order valence-electron chi connectivity index (χ3n) is 5.17. The van der Waals surface area contributed by atoms with Crippen LogP contribution in [0.4, 0.5) is 13.2 Å². The maximum absolute atomic E-state index is 12.9. The van der Waals surface area contributed by atoms with Crippen LogP contribution in [0.3, 0.4) is 0 Å². The number of ether oxygens (including phenoxy) is 1. The van der Waals surface area contributed by atoms with Crippen LogP contribution in [-0.2, 0) is 27.5 Å². The quantitative estimate of drug-likeness (QED) is 0.667. The molecule has 1 saturated heterocycles. The molecule has 174 valence electrons. The van der Waals surface area contributed by atoms with Gasteiger partial charge in [0, 0.05) is 32.2 Å². The zero-order valence-electron chi connectivity index (χ0n) is 18.0. The van der Waals surface area contributed by atoms with Crippen LogP contribution >= 0.6 is 0 Å². The molecule has 2 atom stereocenters. The highest BCUT2D eigenvalue weighted by Crippen LogP contribution is 2.29. The van der Waals surface area contributed by atoms with Crippen molar-refractivity contribution in [2.45, 2.75) is 43.7 Å². The summed E-state index contributed by atoms with van der Waals surface area (Å²) in [5, 5.41) is 0. The molecule has 3 rings (SSSR count). The predicted octanol–water partition coefficient (Wildman–Crippen LogP) is 3.78. The lowest BCUT2D eigenvalue weighted by molar-refractivity contribution is -0.137. The Balaban J connectivity index is 1.69.